The first kappa shape index (κ1) is 36.1. The Hall–Kier alpha value is -3.36. The van der Waals surface area contributed by atoms with Gasteiger partial charge in [-0.3, -0.25) is 24.0 Å². The lowest BCUT2D eigenvalue weighted by Gasteiger charge is -2.34. The van der Waals surface area contributed by atoms with Crippen LogP contribution in [0, 0.1) is 17.8 Å². The van der Waals surface area contributed by atoms with E-state index in [-0.39, 0.29) is 62.2 Å². The summed E-state index contributed by atoms with van der Waals surface area (Å²) in [6.45, 7) is 8.35. The van der Waals surface area contributed by atoms with Gasteiger partial charge in [0.1, 0.15) is 6.04 Å². The van der Waals surface area contributed by atoms with Gasteiger partial charge < -0.3 is 20.4 Å². The summed E-state index contributed by atoms with van der Waals surface area (Å²) in [4.78, 5) is 68.8. The smallest absolute Gasteiger partial charge is 0.292 e. The van der Waals surface area contributed by atoms with Gasteiger partial charge in [-0.1, -0.05) is 44.2 Å². The molecular formula is C31H48N6O7S. The highest BCUT2D eigenvalue weighted by Crippen LogP contribution is 2.22. The van der Waals surface area contributed by atoms with Crippen LogP contribution in [0.2, 0.25) is 0 Å². The molecule has 3 atom stereocenters. The van der Waals surface area contributed by atoms with E-state index >= 15 is 0 Å². The zero-order chi connectivity index (χ0) is 33.3. The first-order valence-corrected chi connectivity index (χ1v) is 17.2. The molecule has 1 aromatic rings. The average Bonchev–Trinajstić information content (AvgIpc) is 3.41. The second-order valence-corrected chi connectivity index (χ2v) is 14.2. The highest BCUT2D eigenvalue weighted by Gasteiger charge is 2.39. The van der Waals surface area contributed by atoms with Gasteiger partial charge in [0, 0.05) is 51.1 Å². The normalized spacial score (nSPS) is 18.9. The number of amides is 4. The van der Waals surface area contributed by atoms with E-state index in [1.165, 1.54) is 4.90 Å². The molecule has 0 unspecified atom stereocenters. The van der Waals surface area contributed by atoms with Crippen molar-refractivity contribution in [1.82, 2.24) is 29.9 Å². The Morgan fingerprint density at radius 2 is 1.64 bits per heavy atom. The van der Waals surface area contributed by atoms with Gasteiger partial charge in [-0.2, -0.15) is 17.9 Å². The van der Waals surface area contributed by atoms with Gasteiger partial charge in [0.15, 0.2) is 0 Å². The van der Waals surface area contributed by atoms with E-state index in [0.717, 1.165) is 5.56 Å². The van der Waals surface area contributed by atoms with Gasteiger partial charge >= 0.3 is 0 Å². The Morgan fingerprint density at radius 1 is 1.00 bits per heavy atom. The average molecular weight is 649 g/mol. The van der Waals surface area contributed by atoms with Crippen LogP contribution in [0.3, 0.4) is 0 Å². The summed E-state index contributed by atoms with van der Waals surface area (Å²) in [6, 6.07) is 6.37. The Labute approximate surface area is 266 Å². The fraction of sp³-hybridized carbons (Fsp3) is 0.645. The summed E-state index contributed by atoms with van der Waals surface area (Å²) < 4.78 is 30.6. The van der Waals surface area contributed by atoms with Crippen molar-refractivity contribution < 1.29 is 32.4 Å². The van der Waals surface area contributed by atoms with Gasteiger partial charge in [-0.25, -0.2) is 0 Å². The Morgan fingerprint density at radius 3 is 2.20 bits per heavy atom. The molecule has 13 nitrogen and oxygen atoms in total. The zero-order valence-corrected chi connectivity index (χ0v) is 27.7. The number of nitrogens with zero attached hydrogens (tertiary/aromatic N) is 2. The van der Waals surface area contributed by atoms with Crippen molar-refractivity contribution in [3.05, 3.63) is 35.9 Å². The molecule has 2 heterocycles. The van der Waals surface area contributed by atoms with E-state index in [1.54, 1.807) is 36.2 Å². The molecule has 0 aliphatic carbocycles. The first-order valence-electron chi connectivity index (χ1n) is 15.7. The molecule has 0 radical (unpaired) electrons. The van der Waals surface area contributed by atoms with Crippen molar-refractivity contribution in [1.29, 1.82) is 0 Å². The van der Waals surface area contributed by atoms with Crippen LogP contribution in [-0.4, -0.2) is 92.4 Å². The van der Waals surface area contributed by atoms with Crippen LogP contribution in [0.1, 0.15) is 65.4 Å². The summed E-state index contributed by atoms with van der Waals surface area (Å²) in [7, 11) is -2.39. The second-order valence-electron chi connectivity index (χ2n) is 12.7. The summed E-state index contributed by atoms with van der Waals surface area (Å²) in [5, 5.41) is 5.31. The van der Waals surface area contributed by atoms with Crippen LogP contribution in [0.25, 0.3) is 0 Å². The lowest BCUT2D eigenvalue weighted by Crippen LogP contribution is -2.56. The fourth-order valence-electron chi connectivity index (χ4n) is 5.52. The van der Waals surface area contributed by atoms with Crippen molar-refractivity contribution in [2.45, 2.75) is 84.5 Å². The van der Waals surface area contributed by atoms with Crippen molar-refractivity contribution in [2.75, 3.05) is 26.7 Å². The number of piperidine rings is 1. The molecule has 0 saturated carbocycles. The van der Waals surface area contributed by atoms with Crippen LogP contribution in [-0.2, 0) is 40.7 Å². The molecule has 45 heavy (non-hydrogen) atoms. The third kappa shape index (κ3) is 10.6. The summed E-state index contributed by atoms with van der Waals surface area (Å²) in [5.41, 5.74) is 0.729. The predicted octanol–water partition coefficient (Wildman–Crippen LogP) is 0.711. The first-order chi connectivity index (χ1) is 21.2. The Bertz CT molecular complexity index is 1310. The number of carbonyl (C=O) groups excluding carboxylic acids is 5. The Kier molecular flexibility index (Phi) is 13.1. The summed E-state index contributed by atoms with van der Waals surface area (Å²) in [5.74, 6) is -3.64. The number of rotatable bonds is 15. The second kappa shape index (κ2) is 16.3. The molecule has 4 amide bonds. The summed E-state index contributed by atoms with van der Waals surface area (Å²) >= 11 is 0. The number of benzene rings is 1. The van der Waals surface area contributed by atoms with Crippen LogP contribution in [0.15, 0.2) is 30.3 Å². The molecule has 2 fully saturated rings. The van der Waals surface area contributed by atoms with E-state index < -0.39 is 45.8 Å². The largest absolute Gasteiger partial charge is 0.356 e. The van der Waals surface area contributed by atoms with Crippen LogP contribution >= 0.6 is 0 Å². The SMILES string of the molecule is CC(C)C[C@H](NS(=O)(=O)NCc1ccccc1)C(=O)N[C@@H](C[C@@H]1CCNC1=O)C(=O)C(=O)N1CCC(C(=O)N(C)C(C)C)CC1. The Balaban J connectivity index is 1.72. The molecule has 3 rings (SSSR count). The van der Waals surface area contributed by atoms with E-state index in [0.29, 0.717) is 25.8 Å². The maximum absolute atomic E-state index is 13.6. The lowest BCUT2D eigenvalue weighted by molar-refractivity contribution is -0.149. The highest BCUT2D eigenvalue weighted by molar-refractivity contribution is 7.87. The van der Waals surface area contributed by atoms with Crippen LogP contribution in [0.5, 0.6) is 0 Å². The monoisotopic (exact) mass is 648 g/mol. The summed E-state index contributed by atoms with van der Waals surface area (Å²) in [6.07, 6.45) is 1.29. The van der Waals surface area contributed by atoms with Crippen LogP contribution < -0.4 is 20.1 Å². The maximum atomic E-state index is 13.6. The molecule has 2 aliphatic rings. The van der Waals surface area contributed by atoms with Crippen molar-refractivity contribution >= 4 is 39.6 Å². The van der Waals surface area contributed by atoms with Gasteiger partial charge in [0.25, 0.3) is 16.1 Å². The molecule has 0 aromatic heterocycles. The van der Waals surface area contributed by atoms with Crippen molar-refractivity contribution in [3.63, 3.8) is 0 Å². The number of nitrogens with one attached hydrogen (secondary N) is 4. The highest BCUT2D eigenvalue weighted by atomic mass is 32.2. The van der Waals surface area contributed by atoms with Gasteiger partial charge in [-0.15, -0.1) is 0 Å². The lowest BCUT2D eigenvalue weighted by atomic mass is 9.92. The van der Waals surface area contributed by atoms with Gasteiger partial charge in [-0.05, 0) is 57.4 Å². The quantitative estimate of drug-likeness (QED) is 0.203. The molecule has 4 N–H and O–H groups in total. The topological polar surface area (TPSA) is 174 Å². The minimum Gasteiger partial charge on any atom is -0.356 e. The third-order valence-corrected chi connectivity index (χ3v) is 9.53. The third-order valence-electron chi connectivity index (χ3n) is 8.41. The van der Waals surface area contributed by atoms with Gasteiger partial charge in [0.2, 0.25) is 23.5 Å². The number of hydrogen-bond acceptors (Lipinski definition) is 7. The molecule has 2 saturated heterocycles. The van der Waals surface area contributed by atoms with E-state index in [2.05, 4.69) is 20.1 Å². The van der Waals surface area contributed by atoms with Crippen molar-refractivity contribution in [3.8, 4) is 0 Å². The minimum atomic E-state index is -4.13. The van der Waals surface area contributed by atoms with E-state index in [4.69, 9.17) is 0 Å². The standard InChI is InChI=1S/C31H48N6O7S/c1-20(2)17-26(35-45(43,44)33-19-22-9-7-6-8-10-22)29(40)34-25(18-24-11-14-32-28(24)39)27(38)31(42)37-15-12-23(13-16-37)30(41)36(5)21(3)4/h6-10,20-21,23-26,33,35H,11-19H2,1-5H3,(H,32,39)(H,34,40)/t24-,25-,26-/m0/s1. The zero-order valence-electron chi connectivity index (χ0n) is 26.9. The molecule has 2 aliphatic heterocycles. The molecule has 0 bridgehead atoms. The molecule has 14 heteroatoms. The van der Waals surface area contributed by atoms with Crippen molar-refractivity contribution in [2.24, 2.45) is 17.8 Å². The number of likely N-dealkylation sites (tertiary alicyclic amines) is 1. The number of Topliss-reactive ketones (excluding diaryl/α,β-unsaturated/α-hetero) is 1. The molecule has 0 spiro atoms. The molecule has 250 valence electrons. The molecule has 1 aromatic carbocycles. The minimum absolute atomic E-state index is 0.00211. The van der Waals surface area contributed by atoms with Gasteiger partial charge in [0.05, 0.1) is 6.04 Å². The number of ketones is 1. The predicted molar refractivity (Wildman–Crippen MR) is 168 cm³/mol. The number of carbonyl (C=O) groups is 5. The maximum Gasteiger partial charge on any atom is 0.292 e. The number of hydrogen-bond donors (Lipinski definition) is 4. The van der Waals surface area contributed by atoms with Crippen LogP contribution in [0.4, 0.5) is 0 Å². The molecular weight excluding hydrogens is 600 g/mol. The fourth-order valence-corrected chi connectivity index (χ4v) is 6.54. The van der Waals surface area contributed by atoms with E-state index in [1.807, 2.05) is 33.8 Å². The van der Waals surface area contributed by atoms with E-state index in [9.17, 15) is 32.4 Å².